The zero-order chi connectivity index (χ0) is 11.0. The van der Waals surface area contributed by atoms with Crippen molar-refractivity contribution < 1.29 is 14.9 Å². The third kappa shape index (κ3) is 9.92. The maximum Gasteiger partial charge on any atom is 0.0785 e. The van der Waals surface area contributed by atoms with Gasteiger partial charge in [-0.05, 0) is 39.8 Å². The second-order valence-corrected chi connectivity index (χ2v) is 4.21. The lowest BCUT2D eigenvalue weighted by atomic mass is 10.1. The van der Waals surface area contributed by atoms with Gasteiger partial charge in [0.2, 0.25) is 0 Å². The first-order valence-corrected chi connectivity index (χ1v) is 5.06. The third-order valence-electron chi connectivity index (χ3n) is 1.93. The van der Waals surface area contributed by atoms with Crippen LogP contribution in [0.2, 0.25) is 0 Å². The van der Waals surface area contributed by atoms with Gasteiger partial charge in [0.05, 0.1) is 18.3 Å². The molecule has 4 heteroatoms. The molecule has 0 spiro atoms. The van der Waals surface area contributed by atoms with Crippen LogP contribution in [0, 0.1) is 0 Å². The summed E-state index contributed by atoms with van der Waals surface area (Å²) in [5, 5.41) is 21.9. The summed E-state index contributed by atoms with van der Waals surface area (Å²) < 4.78 is 4.80. The van der Waals surface area contributed by atoms with Crippen LogP contribution < -0.4 is 5.32 Å². The predicted octanol–water partition coefficient (Wildman–Crippen LogP) is 0.134. The second kappa shape index (κ2) is 7.17. The minimum Gasteiger partial charge on any atom is -0.391 e. The van der Waals surface area contributed by atoms with Crippen LogP contribution in [0.5, 0.6) is 0 Å². The average molecular weight is 205 g/mol. The van der Waals surface area contributed by atoms with Crippen molar-refractivity contribution in [2.45, 2.75) is 38.4 Å². The fourth-order valence-corrected chi connectivity index (χ4v) is 1.06. The summed E-state index contributed by atoms with van der Waals surface area (Å²) in [6.45, 7) is 5.47. The number of nitrogens with one attached hydrogen (secondary N) is 1. The molecule has 1 unspecified atom stereocenters. The van der Waals surface area contributed by atoms with Crippen molar-refractivity contribution in [3.8, 4) is 0 Å². The van der Waals surface area contributed by atoms with Crippen molar-refractivity contribution in [3.05, 3.63) is 0 Å². The van der Waals surface area contributed by atoms with Gasteiger partial charge in [-0.2, -0.15) is 0 Å². The van der Waals surface area contributed by atoms with E-state index in [1.165, 1.54) is 0 Å². The Morgan fingerprint density at radius 3 is 2.50 bits per heavy atom. The average Bonchev–Trinajstić information content (AvgIpc) is 2.02. The molecule has 0 aliphatic rings. The van der Waals surface area contributed by atoms with Crippen molar-refractivity contribution in [1.29, 1.82) is 0 Å². The van der Waals surface area contributed by atoms with Gasteiger partial charge < -0.3 is 20.3 Å². The number of aliphatic hydroxyl groups is 2. The highest BCUT2D eigenvalue weighted by Crippen LogP contribution is 2.04. The normalized spacial score (nSPS) is 14.4. The summed E-state index contributed by atoms with van der Waals surface area (Å²) in [4.78, 5) is 0. The van der Waals surface area contributed by atoms with Gasteiger partial charge >= 0.3 is 0 Å². The summed E-state index contributed by atoms with van der Waals surface area (Å²) in [6, 6.07) is 0. The molecule has 0 fully saturated rings. The lowest BCUT2D eigenvalue weighted by molar-refractivity contribution is 0.0573. The first-order chi connectivity index (χ1) is 6.45. The fourth-order valence-electron chi connectivity index (χ4n) is 1.06. The minimum atomic E-state index is -0.613. The van der Waals surface area contributed by atoms with E-state index in [1.54, 1.807) is 21.0 Å². The van der Waals surface area contributed by atoms with E-state index in [1.807, 2.05) is 0 Å². The molecule has 0 aliphatic carbocycles. The first-order valence-electron chi connectivity index (χ1n) is 5.06. The topological polar surface area (TPSA) is 61.7 Å². The van der Waals surface area contributed by atoms with Gasteiger partial charge in [-0.15, -0.1) is 0 Å². The van der Waals surface area contributed by atoms with Gasteiger partial charge in [0.15, 0.2) is 0 Å². The molecule has 0 heterocycles. The summed E-state index contributed by atoms with van der Waals surface area (Å²) in [6.07, 6.45) is 1.00. The summed E-state index contributed by atoms with van der Waals surface area (Å²) >= 11 is 0. The van der Waals surface area contributed by atoms with E-state index in [0.717, 1.165) is 13.1 Å². The zero-order valence-electron chi connectivity index (χ0n) is 9.42. The number of methoxy groups -OCH3 is 1. The van der Waals surface area contributed by atoms with E-state index in [2.05, 4.69) is 5.32 Å². The highest BCUT2D eigenvalue weighted by molar-refractivity contribution is 4.66. The van der Waals surface area contributed by atoms with Crippen molar-refractivity contribution in [1.82, 2.24) is 5.32 Å². The molecule has 0 aromatic rings. The Morgan fingerprint density at radius 2 is 2.00 bits per heavy atom. The van der Waals surface area contributed by atoms with Gasteiger partial charge in [0, 0.05) is 7.11 Å². The SMILES string of the molecule is COCC(O)CCNCCC(C)(C)O. The lowest BCUT2D eigenvalue weighted by Gasteiger charge is -2.17. The van der Waals surface area contributed by atoms with Crippen LogP contribution in [0.1, 0.15) is 26.7 Å². The van der Waals surface area contributed by atoms with E-state index in [9.17, 15) is 10.2 Å². The minimum absolute atomic E-state index is 0.382. The molecule has 0 aromatic heterocycles. The molecular formula is C10H23NO3. The molecule has 0 bridgehead atoms. The van der Waals surface area contributed by atoms with Gasteiger partial charge in [-0.3, -0.25) is 0 Å². The highest BCUT2D eigenvalue weighted by Gasteiger charge is 2.11. The van der Waals surface area contributed by atoms with Gasteiger partial charge in [-0.1, -0.05) is 0 Å². The highest BCUT2D eigenvalue weighted by atomic mass is 16.5. The van der Waals surface area contributed by atoms with Crippen molar-refractivity contribution in [2.24, 2.45) is 0 Å². The van der Waals surface area contributed by atoms with E-state index in [0.29, 0.717) is 19.4 Å². The van der Waals surface area contributed by atoms with E-state index in [-0.39, 0.29) is 0 Å². The predicted molar refractivity (Wildman–Crippen MR) is 56.3 cm³/mol. The summed E-state index contributed by atoms with van der Waals surface area (Å²) in [5.74, 6) is 0. The zero-order valence-corrected chi connectivity index (χ0v) is 9.42. The molecule has 0 aromatic carbocycles. The summed E-state index contributed by atoms with van der Waals surface area (Å²) in [7, 11) is 1.57. The number of hydrogen-bond donors (Lipinski definition) is 3. The van der Waals surface area contributed by atoms with Crippen LogP contribution in [0.15, 0.2) is 0 Å². The van der Waals surface area contributed by atoms with Crippen LogP contribution in [0.3, 0.4) is 0 Å². The molecule has 14 heavy (non-hydrogen) atoms. The van der Waals surface area contributed by atoms with Gasteiger partial charge in [-0.25, -0.2) is 0 Å². The molecule has 0 aliphatic heterocycles. The molecule has 0 saturated heterocycles. The largest absolute Gasteiger partial charge is 0.391 e. The molecule has 1 atom stereocenters. The van der Waals surface area contributed by atoms with Crippen LogP contribution in [-0.4, -0.2) is 48.7 Å². The Morgan fingerprint density at radius 1 is 1.36 bits per heavy atom. The smallest absolute Gasteiger partial charge is 0.0785 e. The lowest BCUT2D eigenvalue weighted by Crippen LogP contribution is -2.29. The molecule has 0 rings (SSSR count). The molecule has 0 amide bonds. The monoisotopic (exact) mass is 205 g/mol. The van der Waals surface area contributed by atoms with Crippen molar-refractivity contribution >= 4 is 0 Å². The maximum atomic E-state index is 9.40. The van der Waals surface area contributed by atoms with Gasteiger partial charge in [0.1, 0.15) is 0 Å². The fraction of sp³-hybridized carbons (Fsp3) is 1.00. The third-order valence-corrected chi connectivity index (χ3v) is 1.93. The molecule has 4 nitrogen and oxygen atoms in total. The summed E-state index contributed by atoms with van der Waals surface area (Å²) in [5.41, 5.74) is -0.613. The van der Waals surface area contributed by atoms with Gasteiger partial charge in [0.25, 0.3) is 0 Å². The Bertz CT molecular complexity index is 134. The molecule has 0 saturated carbocycles. The van der Waals surface area contributed by atoms with Crippen LogP contribution in [0.4, 0.5) is 0 Å². The van der Waals surface area contributed by atoms with Crippen LogP contribution in [0.25, 0.3) is 0 Å². The molecular weight excluding hydrogens is 182 g/mol. The standard InChI is InChI=1S/C10H23NO3/c1-10(2,13)5-7-11-6-4-9(12)8-14-3/h9,11-13H,4-8H2,1-3H3. The number of ether oxygens (including phenoxy) is 1. The quantitative estimate of drug-likeness (QED) is 0.493. The molecule has 3 N–H and O–H groups in total. The molecule has 86 valence electrons. The number of aliphatic hydroxyl groups excluding tert-OH is 1. The van der Waals surface area contributed by atoms with Crippen molar-refractivity contribution in [2.75, 3.05) is 26.8 Å². The Labute approximate surface area is 86.3 Å². The van der Waals surface area contributed by atoms with E-state index < -0.39 is 11.7 Å². The Hall–Kier alpha value is -0.160. The van der Waals surface area contributed by atoms with Crippen LogP contribution in [-0.2, 0) is 4.74 Å². The second-order valence-electron chi connectivity index (χ2n) is 4.21. The molecule has 0 radical (unpaired) electrons. The maximum absolute atomic E-state index is 9.40. The van der Waals surface area contributed by atoms with E-state index in [4.69, 9.17) is 4.74 Å². The Balaban J connectivity index is 3.21. The van der Waals surface area contributed by atoms with Crippen LogP contribution >= 0.6 is 0 Å². The Kier molecular flexibility index (Phi) is 7.09. The van der Waals surface area contributed by atoms with E-state index >= 15 is 0 Å². The van der Waals surface area contributed by atoms with Crippen molar-refractivity contribution in [3.63, 3.8) is 0 Å². The number of hydrogen-bond acceptors (Lipinski definition) is 4. The number of rotatable bonds is 8. The first kappa shape index (κ1) is 13.8.